The molecule has 0 aromatic heterocycles. The van der Waals surface area contributed by atoms with Gasteiger partial charge >= 0.3 is 175 Å². The topological polar surface area (TPSA) is 0 Å². The van der Waals surface area contributed by atoms with E-state index in [1.165, 1.54) is 5.56 Å². The number of hydrogen-bond acceptors (Lipinski definition) is 0. The first kappa shape index (κ1) is 26.5. The summed E-state index contributed by atoms with van der Waals surface area (Å²) < 4.78 is 5.32. The summed E-state index contributed by atoms with van der Waals surface area (Å²) in [5.41, 5.74) is 10.9. The summed E-state index contributed by atoms with van der Waals surface area (Å²) in [6, 6.07) is 11.2. The van der Waals surface area contributed by atoms with Gasteiger partial charge in [0.25, 0.3) is 0 Å². The molecule has 0 nitrogen and oxygen atoms in total. The number of rotatable bonds is 3. The molecule has 29 heavy (non-hydrogen) atoms. The van der Waals surface area contributed by atoms with Gasteiger partial charge in [-0.25, -0.2) is 0 Å². The molecule has 2 unspecified atom stereocenters. The second-order valence-electron chi connectivity index (χ2n) is 8.50. The van der Waals surface area contributed by atoms with Crippen LogP contribution in [-0.4, -0.2) is 3.21 Å². The third-order valence-electron chi connectivity index (χ3n) is 7.40. The largest absolute Gasteiger partial charge is 1.00 e. The van der Waals surface area contributed by atoms with Crippen molar-refractivity contribution in [3.63, 3.8) is 0 Å². The predicted molar refractivity (Wildman–Crippen MR) is 117 cm³/mol. The van der Waals surface area contributed by atoms with Gasteiger partial charge in [0.1, 0.15) is 0 Å². The molecule has 3 heteroatoms. The fourth-order valence-electron chi connectivity index (χ4n) is 4.92. The van der Waals surface area contributed by atoms with Gasteiger partial charge in [-0.2, -0.15) is 0 Å². The van der Waals surface area contributed by atoms with Gasteiger partial charge in [-0.05, 0) is 0 Å². The Labute approximate surface area is 198 Å². The Morgan fingerprint density at radius 1 is 0.655 bits per heavy atom. The summed E-state index contributed by atoms with van der Waals surface area (Å²) in [7, 11) is 0. The average molecular weight is 509 g/mol. The minimum atomic E-state index is -2.22. The first-order valence-electron chi connectivity index (χ1n) is 10.2. The van der Waals surface area contributed by atoms with Gasteiger partial charge in [-0.3, -0.25) is 0 Å². The van der Waals surface area contributed by atoms with E-state index in [0.717, 1.165) is 0 Å². The summed E-state index contributed by atoms with van der Waals surface area (Å²) in [5, 5.41) is 0. The van der Waals surface area contributed by atoms with E-state index < -0.39 is 21.3 Å². The van der Waals surface area contributed by atoms with E-state index in [1.807, 2.05) is 6.56 Å². The molecular weight excluding hydrogens is 474 g/mol. The molecule has 0 saturated carbocycles. The van der Waals surface area contributed by atoms with E-state index in [4.69, 9.17) is 0 Å². The van der Waals surface area contributed by atoms with Gasteiger partial charge < -0.3 is 24.8 Å². The quantitative estimate of drug-likeness (QED) is 0.579. The van der Waals surface area contributed by atoms with Crippen molar-refractivity contribution in [2.45, 2.75) is 62.3 Å². The van der Waals surface area contributed by atoms with Crippen molar-refractivity contribution in [1.82, 2.24) is 0 Å². The zero-order valence-corrected chi connectivity index (χ0v) is 23.3. The van der Waals surface area contributed by atoms with E-state index in [1.54, 1.807) is 36.6 Å². The van der Waals surface area contributed by atoms with Gasteiger partial charge in [0.15, 0.2) is 0 Å². The Balaban J connectivity index is 0.00000210. The molecule has 0 N–H and O–H groups in total. The van der Waals surface area contributed by atoms with Gasteiger partial charge in [-0.15, -0.1) is 0 Å². The van der Waals surface area contributed by atoms with Crippen LogP contribution in [-0.2, 0) is 21.3 Å². The van der Waals surface area contributed by atoms with Crippen molar-refractivity contribution in [2.24, 2.45) is 11.8 Å². The Hall–Kier alpha value is -0.487. The number of hydrogen-bond donors (Lipinski definition) is 0. The van der Waals surface area contributed by atoms with Crippen LogP contribution in [0.2, 0.25) is 0 Å². The smallest absolute Gasteiger partial charge is 1.00 e. The molecule has 0 saturated heterocycles. The maximum Gasteiger partial charge on any atom is -1.00 e. The third kappa shape index (κ3) is 4.44. The minimum absolute atomic E-state index is 0. The van der Waals surface area contributed by atoms with Gasteiger partial charge in [0.2, 0.25) is 0 Å². The average Bonchev–Trinajstić information content (AvgIpc) is 2.98. The normalized spacial score (nSPS) is 21.2. The van der Waals surface area contributed by atoms with Crippen molar-refractivity contribution in [3.8, 4) is 0 Å². The second-order valence-corrected chi connectivity index (χ2v) is 14.8. The first-order chi connectivity index (χ1) is 12.7. The predicted octanol–water partition coefficient (Wildman–Crippen LogP) is 1.37. The molecule has 0 amide bonds. The molecule has 0 fully saturated rings. The molecule has 156 valence electrons. The summed E-state index contributed by atoms with van der Waals surface area (Å²) in [5.74, 6) is 1.21. The molecule has 2 aliphatic carbocycles. The van der Waals surface area contributed by atoms with E-state index in [9.17, 15) is 0 Å². The molecule has 1 aromatic carbocycles. The molecule has 0 bridgehead atoms. The van der Waals surface area contributed by atoms with Crippen molar-refractivity contribution in [2.75, 3.05) is 0 Å². The van der Waals surface area contributed by atoms with E-state index in [-0.39, 0.29) is 24.8 Å². The zero-order valence-electron chi connectivity index (χ0n) is 19.3. The van der Waals surface area contributed by atoms with Crippen LogP contribution < -0.4 is 24.8 Å². The fourth-order valence-corrected chi connectivity index (χ4v) is 14.7. The maximum absolute atomic E-state index is 2.45. The van der Waals surface area contributed by atoms with Crippen LogP contribution in [0.4, 0.5) is 0 Å². The Kier molecular flexibility index (Phi) is 9.35. The Morgan fingerprint density at radius 2 is 1.03 bits per heavy atom. The number of allylic oxidation sites excluding steroid dienone is 8. The standard InChI is InChI=1S/2C9H13.C8H8.2ClH.Zr/c2*1-6-5-7(2)9(4)8(6)3;1-2-8-6-4-3-5-7-8;;;/h2*6H,1-4H3;3-7H,1H3;2*1H;/q;;;;;+2/p-2. The van der Waals surface area contributed by atoms with Crippen LogP contribution in [0, 0.1) is 11.8 Å². The molecule has 2 aliphatic rings. The van der Waals surface area contributed by atoms with Gasteiger partial charge in [0.05, 0.1) is 0 Å². The monoisotopic (exact) mass is 506 g/mol. The van der Waals surface area contributed by atoms with Crippen LogP contribution in [0.1, 0.15) is 67.9 Å². The Bertz CT molecular complexity index is 902. The minimum Gasteiger partial charge on any atom is -1.00 e. The second kappa shape index (κ2) is 10.2. The fraction of sp³-hybridized carbons (Fsp3) is 0.423. The van der Waals surface area contributed by atoms with Gasteiger partial charge in [0, 0.05) is 0 Å². The summed E-state index contributed by atoms with van der Waals surface area (Å²) in [4.78, 5) is 0. The van der Waals surface area contributed by atoms with Crippen LogP contribution in [0.3, 0.4) is 0 Å². The number of halogens is 2. The SMILES string of the molecule is CC1=C(C)C(C)[C]([Zr+2]([C]2=C(C)C(C)=C(C)C2C)=[C](C)c2ccccc2)=C1C.[Cl-].[Cl-]. The number of benzene rings is 1. The van der Waals surface area contributed by atoms with Crippen LogP contribution in [0.15, 0.2) is 70.3 Å². The summed E-state index contributed by atoms with van der Waals surface area (Å²) in [6.45, 7) is 21.5. The molecule has 0 aliphatic heterocycles. The van der Waals surface area contributed by atoms with Crippen molar-refractivity contribution >= 4 is 3.21 Å². The molecule has 3 rings (SSSR count). The van der Waals surface area contributed by atoms with Crippen molar-refractivity contribution < 1.29 is 46.1 Å². The van der Waals surface area contributed by atoms with E-state index in [0.29, 0.717) is 11.8 Å². The van der Waals surface area contributed by atoms with Crippen molar-refractivity contribution in [1.29, 1.82) is 0 Å². The van der Waals surface area contributed by atoms with Crippen LogP contribution in [0.25, 0.3) is 0 Å². The molecule has 0 heterocycles. The van der Waals surface area contributed by atoms with Crippen molar-refractivity contribution in [3.05, 3.63) is 75.9 Å². The maximum atomic E-state index is 2.45. The van der Waals surface area contributed by atoms with Gasteiger partial charge in [-0.1, -0.05) is 0 Å². The van der Waals surface area contributed by atoms with Crippen LogP contribution >= 0.6 is 0 Å². The van der Waals surface area contributed by atoms with E-state index >= 15 is 0 Å². The van der Waals surface area contributed by atoms with E-state index in [2.05, 4.69) is 92.6 Å². The Morgan fingerprint density at radius 3 is 1.34 bits per heavy atom. The molecule has 1 aromatic rings. The zero-order chi connectivity index (χ0) is 20.0. The molecule has 0 spiro atoms. The third-order valence-corrected chi connectivity index (χ3v) is 16.6. The first-order valence-corrected chi connectivity index (χ1v) is 13.9. The summed E-state index contributed by atoms with van der Waals surface area (Å²) in [6.07, 6.45) is 0. The summed E-state index contributed by atoms with van der Waals surface area (Å²) >= 11 is -2.22. The molecule has 0 radical (unpaired) electrons. The molecular formula is C26H34Cl2Zr. The van der Waals surface area contributed by atoms with Crippen LogP contribution in [0.5, 0.6) is 0 Å². The molecule has 2 atom stereocenters.